The summed E-state index contributed by atoms with van der Waals surface area (Å²) in [6.45, 7) is 5.41. The maximum absolute atomic E-state index is 11.1. The molecule has 2 aliphatic rings. The zero-order valence-corrected chi connectivity index (χ0v) is 18.0. The van der Waals surface area contributed by atoms with Crippen LogP contribution in [-0.2, 0) is 4.79 Å². The second-order valence-electron chi connectivity index (χ2n) is 8.03. The first-order valence-electron chi connectivity index (χ1n) is 11.1. The summed E-state index contributed by atoms with van der Waals surface area (Å²) in [4.78, 5) is 29.7. The topological polar surface area (TPSA) is 98.6 Å². The van der Waals surface area contributed by atoms with Gasteiger partial charge in [0, 0.05) is 38.8 Å². The zero-order valence-electron chi connectivity index (χ0n) is 18.0. The predicted molar refractivity (Wildman–Crippen MR) is 124 cm³/mol. The van der Waals surface area contributed by atoms with Crippen molar-refractivity contribution in [2.24, 2.45) is 5.10 Å². The molecule has 2 N–H and O–H groups in total. The van der Waals surface area contributed by atoms with Crippen molar-refractivity contribution in [3.05, 3.63) is 29.8 Å². The van der Waals surface area contributed by atoms with Crippen LogP contribution in [0.4, 0.5) is 23.5 Å². The first-order chi connectivity index (χ1) is 15.2. The largest absolute Gasteiger partial charge is 0.341 e. The number of hydrogen-bond acceptors (Lipinski definition) is 8. The highest BCUT2D eigenvalue weighted by Gasteiger charge is 2.20. The number of nitrogens with zero attached hydrogens (tertiary/aromatic N) is 6. The highest BCUT2D eigenvalue weighted by Crippen LogP contribution is 2.22. The summed E-state index contributed by atoms with van der Waals surface area (Å²) < 4.78 is 0. The normalized spacial score (nSPS) is 17.1. The quantitative estimate of drug-likeness (QED) is 0.544. The standard InChI is InChI=1S/C22H30N8O/c1-17(31)24-19-10-8-18(9-11-19)16-23-28-20-25-21(29-12-4-2-5-13-29)27-22(26-20)30-14-6-3-7-15-30/h8-11,16H,2-7,12-15H2,1H3,(H,24,31)(H,25,26,27,28)/b23-16-. The highest BCUT2D eigenvalue weighted by atomic mass is 16.1. The molecule has 0 saturated carbocycles. The number of anilines is 4. The molecule has 9 nitrogen and oxygen atoms in total. The van der Waals surface area contributed by atoms with E-state index in [4.69, 9.17) is 4.98 Å². The zero-order chi connectivity index (χ0) is 21.5. The third-order valence-corrected chi connectivity index (χ3v) is 5.50. The molecule has 0 bridgehead atoms. The van der Waals surface area contributed by atoms with Crippen LogP contribution < -0.4 is 20.5 Å². The fourth-order valence-corrected chi connectivity index (χ4v) is 3.89. The number of rotatable bonds is 6. The Morgan fingerprint density at radius 1 is 0.871 bits per heavy atom. The van der Waals surface area contributed by atoms with Gasteiger partial charge in [0.25, 0.3) is 0 Å². The predicted octanol–water partition coefficient (Wildman–Crippen LogP) is 3.26. The summed E-state index contributed by atoms with van der Waals surface area (Å²) in [6.07, 6.45) is 8.90. The first-order valence-corrected chi connectivity index (χ1v) is 11.1. The minimum absolute atomic E-state index is 0.0908. The summed E-state index contributed by atoms with van der Waals surface area (Å²) >= 11 is 0. The van der Waals surface area contributed by atoms with E-state index in [1.165, 1.54) is 45.4 Å². The van der Waals surface area contributed by atoms with Gasteiger partial charge in [0.05, 0.1) is 6.21 Å². The van der Waals surface area contributed by atoms with Crippen molar-refractivity contribution >= 4 is 35.7 Å². The molecule has 0 radical (unpaired) electrons. The Labute approximate surface area is 183 Å². The minimum Gasteiger partial charge on any atom is -0.341 e. The van der Waals surface area contributed by atoms with Crippen molar-refractivity contribution < 1.29 is 4.79 Å². The number of hydrogen-bond donors (Lipinski definition) is 2. The molecular weight excluding hydrogens is 392 g/mol. The average Bonchev–Trinajstić information content (AvgIpc) is 2.81. The van der Waals surface area contributed by atoms with Crippen LogP contribution in [-0.4, -0.2) is 53.3 Å². The molecule has 0 aliphatic carbocycles. The van der Waals surface area contributed by atoms with E-state index in [2.05, 4.69) is 35.6 Å². The Bertz CT molecular complexity index is 866. The van der Waals surface area contributed by atoms with Gasteiger partial charge in [0.1, 0.15) is 0 Å². The summed E-state index contributed by atoms with van der Waals surface area (Å²) in [6, 6.07) is 7.47. The number of amides is 1. The number of hydrazone groups is 1. The van der Waals surface area contributed by atoms with E-state index < -0.39 is 0 Å². The van der Waals surface area contributed by atoms with Crippen molar-refractivity contribution in [1.29, 1.82) is 0 Å². The van der Waals surface area contributed by atoms with E-state index >= 15 is 0 Å². The van der Waals surface area contributed by atoms with Gasteiger partial charge < -0.3 is 15.1 Å². The van der Waals surface area contributed by atoms with Gasteiger partial charge in [-0.25, -0.2) is 5.43 Å². The second-order valence-corrected chi connectivity index (χ2v) is 8.03. The number of benzene rings is 1. The molecule has 2 aromatic rings. The molecule has 164 valence electrons. The molecule has 1 amide bonds. The number of aromatic nitrogens is 3. The van der Waals surface area contributed by atoms with Crippen LogP contribution in [0.3, 0.4) is 0 Å². The minimum atomic E-state index is -0.0908. The average molecular weight is 423 g/mol. The van der Waals surface area contributed by atoms with Crippen molar-refractivity contribution in [2.75, 3.05) is 46.7 Å². The van der Waals surface area contributed by atoms with Gasteiger partial charge in [-0.2, -0.15) is 20.1 Å². The number of carbonyl (C=O) groups is 1. The van der Waals surface area contributed by atoms with Gasteiger partial charge in [0.2, 0.25) is 23.8 Å². The molecule has 0 atom stereocenters. The molecule has 4 rings (SSSR count). The van der Waals surface area contributed by atoms with Crippen LogP contribution in [0.5, 0.6) is 0 Å². The Kier molecular flexibility index (Phi) is 6.91. The molecule has 2 fully saturated rings. The van der Waals surface area contributed by atoms with E-state index in [0.29, 0.717) is 5.95 Å². The molecular formula is C22H30N8O. The maximum Gasteiger partial charge on any atom is 0.250 e. The molecule has 2 saturated heterocycles. The lowest BCUT2D eigenvalue weighted by molar-refractivity contribution is -0.114. The fourth-order valence-electron chi connectivity index (χ4n) is 3.89. The number of piperidine rings is 2. The maximum atomic E-state index is 11.1. The summed E-state index contributed by atoms with van der Waals surface area (Å²) in [5.74, 6) is 1.83. The third kappa shape index (κ3) is 5.90. The van der Waals surface area contributed by atoms with Crippen LogP contribution in [0.15, 0.2) is 29.4 Å². The highest BCUT2D eigenvalue weighted by molar-refractivity contribution is 5.89. The summed E-state index contributed by atoms with van der Waals surface area (Å²) in [7, 11) is 0. The SMILES string of the molecule is CC(=O)Nc1ccc(/C=N\Nc2nc(N3CCCCC3)nc(N3CCCCC3)n2)cc1. The van der Waals surface area contributed by atoms with Gasteiger partial charge in [-0.3, -0.25) is 4.79 Å². The van der Waals surface area contributed by atoms with E-state index in [9.17, 15) is 4.79 Å². The molecule has 0 unspecified atom stereocenters. The molecule has 2 aliphatic heterocycles. The van der Waals surface area contributed by atoms with Crippen molar-refractivity contribution in [3.8, 4) is 0 Å². The fraction of sp³-hybridized carbons (Fsp3) is 0.500. The molecule has 3 heterocycles. The smallest absolute Gasteiger partial charge is 0.250 e. The molecule has 0 spiro atoms. The van der Waals surface area contributed by atoms with Gasteiger partial charge in [-0.05, 0) is 56.2 Å². The summed E-state index contributed by atoms with van der Waals surface area (Å²) in [5.41, 5.74) is 4.65. The van der Waals surface area contributed by atoms with Gasteiger partial charge in [0.15, 0.2) is 0 Å². The van der Waals surface area contributed by atoms with Crippen molar-refractivity contribution in [2.45, 2.75) is 45.4 Å². The lowest BCUT2D eigenvalue weighted by atomic mass is 10.1. The molecule has 1 aromatic carbocycles. The Balaban J connectivity index is 1.49. The monoisotopic (exact) mass is 422 g/mol. The van der Waals surface area contributed by atoms with Crippen molar-refractivity contribution in [3.63, 3.8) is 0 Å². The van der Waals surface area contributed by atoms with E-state index in [1.54, 1.807) is 6.21 Å². The summed E-state index contributed by atoms with van der Waals surface area (Å²) in [5, 5.41) is 7.08. The Hall–Kier alpha value is -3.23. The van der Waals surface area contributed by atoms with Crippen molar-refractivity contribution in [1.82, 2.24) is 15.0 Å². The van der Waals surface area contributed by atoms with Crippen LogP contribution >= 0.6 is 0 Å². The molecule has 9 heteroatoms. The van der Waals surface area contributed by atoms with E-state index in [-0.39, 0.29) is 5.91 Å². The third-order valence-electron chi connectivity index (χ3n) is 5.50. The number of carbonyl (C=O) groups excluding carboxylic acids is 1. The lowest BCUT2D eigenvalue weighted by Gasteiger charge is -2.30. The second kappa shape index (κ2) is 10.2. The Morgan fingerprint density at radius 2 is 1.42 bits per heavy atom. The van der Waals surface area contributed by atoms with E-state index in [1.807, 2.05) is 24.3 Å². The van der Waals surface area contributed by atoms with E-state index in [0.717, 1.165) is 49.3 Å². The van der Waals surface area contributed by atoms with Crippen LogP contribution in [0.2, 0.25) is 0 Å². The number of nitrogens with one attached hydrogen (secondary N) is 2. The van der Waals surface area contributed by atoms with Crippen LogP contribution in [0.25, 0.3) is 0 Å². The Morgan fingerprint density at radius 3 is 1.94 bits per heavy atom. The van der Waals surface area contributed by atoms with Gasteiger partial charge in [-0.1, -0.05) is 12.1 Å². The van der Waals surface area contributed by atoms with Gasteiger partial charge >= 0.3 is 0 Å². The van der Waals surface area contributed by atoms with Crippen LogP contribution in [0, 0.1) is 0 Å². The molecule has 31 heavy (non-hydrogen) atoms. The van der Waals surface area contributed by atoms with Crippen LogP contribution in [0.1, 0.15) is 51.0 Å². The molecule has 1 aromatic heterocycles. The lowest BCUT2D eigenvalue weighted by Crippen LogP contribution is -2.34. The first kappa shape index (κ1) is 21.0. The van der Waals surface area contributed by atoms with Gasteiger partial charge in [-0.15, -0.1) is 0 Å².